The molecule has 15 heavy (non-hydrogen) atoms. The van der Waals surface area contributed by atoms with Crippen molar-refractivity contribution in [1.29, 1.82) is 0 Å². The summed E-state index contributed by atoms with van der Waals surface area (Å²) in [6, 6.07) is 7.19. The van der Waals surface area contributed by atoms with Crippen LogP contribution >= 0.6 is 0 Å². The summed E-state index contributed by atoms with van der Waals surface area (Å²) in [5.41, 5.74) is 0.183. The van der Waals surface area contributed by atoms with Crippen molar-refractivity contribution < 1.29 is 18.7 Å². The number of halogens is 1. The number of carboxylic acid groups (broad SMARTS) is 1. The summed E-state index contributed by atoms with van der Waals surface area (Å²) in [6.07, 6.45) is 1.47. The molecule has 0 amide bonds. The zero-order valence-electron chi connectivity index (χ0n) is 7.61. The minimum atomic E-state index is -1.29. The SMILES string of the molecule is O=C(O)c1cc(-c2ccco2)ccc1F. The highest BCUT2D eigenvalue weighted by molar-refractivity contribution is 5.89. The summed E-state index contributed by atoms with van der Waals surface area (Å²) in [5, 5.41) is 8.72. The van der Waals surface area contributed by atoms with Crippen molar-refractivity contribution in [2.24, 2.45) is 0 Å². The zero-order chi connectivity index (χ0) is 10.8. The van der Waals surface area contributed by atoms with E-state index in [0.29, 0.717) is 11.3 Å². The van der Waals surface area contributed by atoms with Crippen molar-refractivity contribution in [2.75, 3.05) is 0 Å². The Bertz CT molecular complexity index is 489. The molecule has 0 bridgehead atoms. The van der Waals surface area contributed by atoms with Crippen LogP contribution in [-0.4, -0.2) is 11.1 Å². The summed E-state index contributed by atoms with van der Waals surface area (Å²) in [4.78, 5) is 10.7. The summed E-state index contributed by atoms with van der Waals surface area (Å²) in [5.74, 6) is -1.53. The van der Waals surface area contributed by atoms with Crippen molar-refractivity contribution in [3.63, 3.8) is 0 Å². The third-order valence-electron chi connectivity index (χ3n) is 2.00. The van der Waals surface area contributed by atoms with Gasteiger partial charge in [-0.25, -0.2) is 9.18 Å². The summed E-state index contributed by atoms with van der Waals surface area (Å²) in [7, 11) is 0. The fraction of sp³-hybridized carbons (Fsp3) is 0. The Morgan fingerprint density at radius 1 is 1.33 bits per heavy atom. The number of hydrogen-bond acceptors (Lipinski definition) is 2. The van der Waals surface area contributed by atoms with Gasteiger partial charge in [-0.3, -0.25) is 0 Å². The van der Waals surface area contributed by atoms with E-state index in [4.69, 9.17) is 9.52 Å². The quantitative estimate of drug-likeness (QED) is 0.821. The van der Waals surface area contributed by atoms with Crippen LogP contribution in [0.5, 0.6) is 0 Å². The lowest BCUT2D eigenvalue weighted by atomic mass is 10.1. The van der Waals surface area contributed by atoms with E-state index in [-0.39, 0.29) is 5.56 Å². The first-order chi connectivity index (χ1) is 7.18. The number of aromatic carboxylic acids is 1. The molecule has 4 heteroatoms. The highest BCUT2D eigenvalue weighted by Gasteiger charge is 2.12. The van der Waals surface area contributed by atoms with Crippen LogP contribution in [0.2, 0.25) is 0 Å². The molecule has 0 saturated carbocycles. The maximum Gasteiger partial charge on any atom is 0.338 e. The molecule has 0 radical (unpaired) electrons. The Morgan fingerprint density at radius 3 is 2.73 bits per heavy atom. The van der Waals surface area contributed by atoms with Gasteiger partial charge < -0.3 is 9.52 Å². The van der Waals surface area contributed by atoms with Crippen molar-refractivity contribution >= 4 is 5.97 Å². The molecule has 1 aromatic heterocycles. The standard InChI is InChI=1S/C11H7FO3/c12-9-4-3-7(6-8(9)11(13)14)10-2-1-5-15-10/h1-6H,(H,13,14). The van der Waals surface area contributed by atoms with Crippen LogP contribution in [0.4, 0.5) is 4.39 Å². The average molecular weight is 206 g/mol. The fourth-order valence-electron chi connectivity index (χ4n) is 1.29. The fourth-order valence-corrected chi connectivity index (χ4v) is 1.29. The summed E-state index contributed by atoms with van der Waals surface area (Å²) < 4.78 is 18.1. The van der Waals surface area contributed by atoms with Crippen LogP contribution in [0.1, 0.15) is 10.4 Å². The minimum Gasteiger partial charge on any atom is -0.478 e. The molecule has 0 spiro atoms. The van der Waals surface area contributed by atoms with Gasteiger partial charge in [-0.15, -0.1) is 0 Å². The molecule has 0 atom stereocenters. The van der Waals surface area contributed by atoms with Crippen molar-refractivity contribution in [3.05, 3.63) is 48.0 Å². The largest absolute Gasteiger partial charge is 0.478 e. The molecule has 0 aliphatic rings. The van der Waals surface area contributed by atoms with Gasteiger partial charge in [0.25, 0.3) is 0 Å². The lowest BCUT2D eigenvalue weighted by molar-refractivity contribution is 0.0692. The second kappa shape index (κ2) is 3.57. The Labute approximate surface area is 84.8 Å². The summed E-state index contributed by atoms with van der Waals surface area (Å²) in [6.45, 7) is 0. The van der Waals surface area contributed by atoms with E-state index in [2.05, 4.69) is 0 Å². The van der Waals surface area contributed by atoms with Crippen LogP contribution in [-0.2, 0) is 0 Å². The van der Waals surface area contributed by atoms with Crippen molar-refractivity contribution in [2.45, 2.75) is 0 Å². The third kappa shape index (κ3) is 1.74. The second-order valence-electron chi connectivity index (χ2n) is 2.98. The number of benzene rings is 1. The monoisotopic (exact) mass is 206 g/mol. The van der Waals surface area contributed by atoms with Crippen LogP contribution < -0.4 is 0 Å². The molecule has 1 heterocycles. The van der Waals surface area contributed by atoms with Crippen LogP contribution in [0.3, 0.4) is 0 Å². The maximum absolute atomic E-state index is 13.1. The molecule has 2 rings (SSSR count). The first-order valence-electron chi connectivity index (χ1n) is 4.25. The van der Waals surface area contributed by atoms with Gasteiger partial charge in [0.05, 0.1) is 11.8 Å². The van der Waals surface area contributed by atoms with Crippen LogP contribution in [0.25, 0.3) is 11.3 Å². The van der Waals surface area contributed by atoms with Gasteiger partial charge in [0, 0.05) is 5.56 Å². The second-order valence-corrected chi connectivity index (χ2v) is 2.98. The van der Waals surface area contributed by atoms with E-state index in [9.17, 15) is 9.18 Å². The van der Waals surface area contributed by atoms with Gasteiger partial charge in [0.1, 0.15) is 11.6 Å². The molecule has 0 saturated heterocycles. The van der Waals surface area contributed by atoms with E-state index in [1.54, 1.807) is 12.1 Å². The average Bonchev–Trinajstić information content (AvgIpc) is 2.71. The minimum absolute atomic E-state index is 0.357. The van der Waals surface area contributed by atoms with E-state index in [1.807, 2.05) is 0 Å². The Morgan fingerprint density at radius 2 is 2.13 bits per heavy atom. The normalized spacial score (nSPS) is 10.2. The van der Waals surface area contributed by atoms with E-state index in [1.165, 1.54) is 18.4 Å². The topological polar surface area (TPSA) is 50.4 Å². The highest BCUT2D eigenvalue weighted by atomic mass is 19.1. The van der Waals surface area contributed by atoms with Crippen LogP contribution in [0, 0.1) is 5.82 Å². The molecular formula is C11H7FO3. The lowest BCUT2D eigenvalue weighted by Gasteiger charge is -2.00. The molecular weight excluding hydrogens is 199 g/mol. The molecule has 0 aliphatic heterocycles. The van der Waals surface area contributed by atoms with E-state index < -0.39 is 11.8 Å². The predicted octanol–water partition coefficient (Wildman–Crippen LogP) is 2.78. The molecule has 1 aromatic carbocycles. The van der Waals surface area contributed by atoms with Crippen molar-refractivity contribution in [3.8, 4) is 11.3 Å². The van der Waals surface area contributed by atoms with Gasteiger partial charge in [0.15, 0.2) is 0 Å². The smallest absolute Gasteiger partial charge is 0.338 e. The Balaban J connectivity index is 2.52. The Kier molecular flexibility index (Phi) is 2.25. The molecule has 3 nitrogen and oxygen atoms in total. The third-order valence-corrected chi connectivity index (χ3v) is 2.00. The zero-order valence-corrected chi connectivity index (χ0v) is 7.61. The highest BCUT2D eigenvalue weighted by Crippen LogP contribution is 2.22. The van der Waals surface area contributed by atoms with Gasteiger partial charge in [-0.1, -0.05) is 0 Å². The predicted molar refractivity (Wildman–Crippen MR) is 51.1 cm³/mol. The van der Waals surface area contributed by atoms with Gasteiger partial charge in [-0.05, 0) is 30.3 Å². The summed E-state index contributed by atoms with van der Waals surface area (Å²) >= 11 is 0. The van der Waals surface area contributed by atoms with E-state index >= 15 is 0 Å². The van der Waals surface area contributed by atoms with Gasteiger partial charge in [0.2, 0.25) is 0 Å². The number of rotatable bonds is 2. The molecule has 2 aromatic rings. The first kappa shape index (κ1) is 9.45. The van der Waals surface area contributed by atoms with E-state index in [0.717, 1.165) is 6.07 Å². The number of hydrogen-bond donors (Lipinski definition) is 1. The number of carboxylic acids is 1. The maximum atomic E-state index is 13.1. The number of carbonyl (C=O) groups is 1. The molecule has 0 unspecified atom stereocenters. The molecule has 0 aliphatic carbocycles. The first-order valence-corrected chi connectivity index (χ1v) is 4.25. The molecule has 0 fully saturated rings. The molecule has 1 N–H and O–H groups in total. The lowest BCUT2D eigenvalue weighted by Crippen LogP contribution is -2.00. The Hall–Kier alpha value is -2.10. The molecule has 76 valence electrons. The van der Waals surface area contributed by atoms with Gasteiger partial charge >= 0.3 is 5.97 Å². The van der Waals surface area contributed by atoms with Crippen LogP contribution in [0.15, 0.2) is 41.0 Å². The van der Waals surface area contributed by atoms with Gasteiger partial charge in [-0.2, -0.15) is 0 Å². The number of furan rings is 1. The van der Waals surface area contributed by atoms with Crippen molar-refractivity contribution in [1.82, 2.24) is 0 Å².